The van der Waals surface area contributed by atoms with E-state index in [4.69, 9.17) is 9.47 Å². The van der Waals surface area contributed by atoms with Gasteiger partial charge >= 0.3 is 0 Å². The topological polar surface area (TPSA) is 43.4 Å². The predicted molar refractivity (Wildman–Crippen MR) is 77.6 cm³/mol. The molecule has 19 heavy (non-hydrogen) atoms. The van der Waals surface area contributed by atoms with Gasteiger partial charge in [0.05, 0.1) is 18.9 Å². The van der Waals surface area contributed by atoms with Crippen molar-refractivity contribution in [2.24, 2.45) is 5.92 Å². The minimum atomic E-state index is 0.185. The molecule has 0 aliphatic rings. The van der Waals surface area contributed by atoms with Crippen LogP contribution in [0.15, 0.2) is 18.5 Å². The van der Waals surface area contributed by atoms with Gasteiger partial charge in [0.2, 0.25) is 0 Å². The fraction of sp³-hybridized carbons (Fsp3) is 0.667. The van der Waals surface area contributed by atoms with Crippen LogP contribution >= 0.6 is 0 Å². The summed E-state index contributed by atoms with van der Waals surface area (Å²) in [6.07, 6.45) is 4.87. The molecule has 0 aromatic carbocycles. The molecule has 0 amide bonds. The largest absolute Gasteiger partial charge is 0.489 e. The standard InChI is InChI=1S/C15H26N2O2/c1-12(2)19-15-8-14(10-17-11-15)7-13(3)9-16-5-6-18-4/h8,10-13,16H,5-7,9H2,1-4H3. The van der Waals surface area contributed by atoms with E-state index in [1.165, 1.54) is 5.56 Å². The van der Waals surface area contributed by atoms with Crippen molar-refractivity contribution >= 4 is 0 Å². The molecule has 1 rings (SSSR count). The highest BCUT2D eigenvalue weighted by Gasteiger charge is 2.06. The number of nitrogens with zero attached hydrogens (tertiary/aromatic N) is 1. The van der Waals surface area contributed by atoms with E-state index in [-0.39, 0.29) is 6.10 Å². The Labute approximate surface area is 116 Å². The lowest BCUT2D eigenvalue weighted by molar-refractivity contribution is 0.198. The fourth-order valence-electron chi connectivity index (χ4n) is 1.91. The zero-order chi connectivity index (χ0) is 14.1. The summed E-state index contributed by atoms with van der Waals surface area (Å²) in [6.45, 7) is 8.92. The lowest BCUT2D eigenvalue weighted by Crippen LogP contribution is -2.25. The van der Waals surface area contributed by atoms with Crippen LogP contribution < -0.4 is 10.1 Å². The van der Waals surface area contributed by atoms with Gasteiger partial charge in [0.25, 0.3) is 0 Å². The van der Waals surface area contributed by atoms with Gasteiger partial charge in [-0.2, -0.15) is 0 Å². The number of hydrogen-bond donors (Lipinski definition) is 1. The maximum absolute atomic E-state index is 5.65. The monoisotopic (exact) mass is 266 g/mol. The van der Waals surface area contributed by atoms with E-state index in [1.807, 2.05) is 20.0 Å². The quantitative estimate of drug-likeness (QED) is 0.696. The number of pyridine rings is 1. The first kappa shape index (κ1) is 15.9. The third-order valence-corrected chi connectivity index (χ3v) is 2.70. The van der Waals surface area contributed by atoms with Crippen molar-refractivity contribution in [2.45, 2.75) is 33.3 Å². The molecule has 1 aromatic rings. The minimum Gasteiger partial charge on any atom is -0.489 e. The Kier molecular flexibility index (Phi) is 7.45. The fourth-order valence-corrected chi connectivity index (χ4v) is 1.91. The van der Waals surface area contributed by atoms with E-state index in [1.54, 1.807) is 13.3 Å². The van der Waals surface area contributed by atoms with Crippen LogP contribution in [0.4, 0.5) is 0 Å². The average Bonchev–Trinajstić information content (AvgIpc) is 2.34. The highest BCUT2D eigenvalue weighted by atomic mass is 16.5. The molecule has 4 nitrogen and oxygen atoms in total. The van der Waals surface area contributed by atoms with E-state index < -0.39 is 0 Å². The lowest BCUT2D eigenvalue weighted by Gasteiger charge is -2.14. The van der Waals surface area contributed by atoms with Crippen LogP contribution in [-0.4, -0.2) is 37.9 Å². The highest BCUT2D eigenvalue weighted by Crippen LogP contribution is 2.15. The molecule has 0 radical (unpaired) electrons. The van der Waals surface area contributed by atoms with E-state index >= 15 is 0 Å². The maximum Gasteiger partial charge on any atom is 0.138 e. The second-order valence-corrected chi connectivity index (χ2v) is 5.20. The van der Waals surface area contributed by atoms with Gasteiger partial charge in [-0.3, -0.25) is 4.98 Å². The van der Waals surface area contributed by atoms with Gasteiger partial charge in [-0.05, 0) is 44.4 Å². The van der Waals surface area contributed by atoms with E-state index in [2.05, 4.69) is 23.3 Å². The summed E-state index contributed by atoms with van der Waals surface area (Å²) < 4.78 is 10.7. The molecule has 0 saturated carbocycles. The second kappa shape index (κ2) is 8.88. The van der Waals surface area contributed by atoms with Crippen LogP contribution in [0.5, 0.6) is 5.75 Å². The van der Waals surface area contributed by atoms with Gasteiger partial charge in [-0.25, -0.2) is 0 Å². The first-order valence-corrected chi connectivity index (χ1v) is 6.92. The van der Waals surface area contributed by atoms with Gasteiger partial charge in [-0.15, -0.1) is 0 Å². The first-order chi connectivity index (χ1) is 9.11. The Bertz CT molecular complexity index is 356. The third kappa shape index (κ3) is 7.13. The van der Waals surface area contributed by atoms with Crippen molar-refractivity contribution in [3.05, 3.63) is 24.0 Å². The summed E-state index contributed by atoms with van der Waals surface area (Å²) in [4.78, 5) is 4.24. The van der Waals surface area contributed by atoms with Crippen LogP contribution in [0.3, 0.4) is 0 Å². The number of hydrogen-bond acceptors (Lipinski definition) is 4. The molecule has 0 aliphatic heterocycles. The molecular formula is C15H26N2O2. The number of aromatic nitrogens is 1. The summed E-state index contributed by atoms with van der Waals surface area (Å²) in [5, 5.41) is 3.38. The summed E-state index contributed by atoms with van der Waals surface area (Å²) >= 11 is 0. The van der Waals surface area contributed by atoms with E-state index in [0.29, 0.717) is 5.92 Å². The molecule has 4 heteroatoms. The van der Waals surface area contributed by atoms with Crippen LogP contribution in [-0.2, 0) is 11.2 Å². The summed E-state index contributed by atoms with van der Waals surface area (Å²) in [7, 11) is 1.72. The van der Waals surface area contributed by atoms with Gasteiger partial charge < -0.3 is 14.8 Å². The number of ether oxygens (including phenoxy) is 2. The van der Waals surface area contributed by atoms with Crippen molar-refractivity contribution in [3.63, 3.8) is 0 Å². The Morgan fingerprint density at radius 1 is 1.26 bits per heavy atom. The molecule has 0 fully saturated rings. The van der Waals surface area contributed by atoms with Crippen molar-refractivity contribution in [1.82, 2.24) is 10.3 Å². The molecule has 1 heterocycles. The molecular weight excluding hydrogens is 240 g/mol. The highest BCUT2D eigenvalue weighted by molar-refractivity contribution is 5.24. The lowest BCUT2D eigenvalue weighted by atomic mass is 10.0. The van der Waals surface area contributed by atoms with Crippen LogP contribution in [0.25, 0.3) is 0 Å². The Morgan fingerprint density at radius 3 is 2.74 bits per heavy atom. The molecule has 1 N–H and O–H groups in total. The van der Waals surface area contributed by atoms with Gasteiger partial charge in [0.1, 0.15) is 5.75 Å². The number of methoxy groups -OCH3 is 1. The van der Waals surface area contributed by atoms with E-state index in [9.17, 15) is 0 Å². The van der Waals surface area contributed by atoms with Crippen molar-refractivity contribution in [1.29, 1.82) is 0 Å². The Hall–Kier alpha value is -1.13. The number of rotatable bonds is 9. The van der Waals surface area contributed by atoms with Crippen LogP contribution in [0.1, 0.15) is 26.3 Å². The van der Waals surface area contributed by atoms with E-state index in [0.717, 1.165) is 31.9 Å². The normalized spacial score (nSPS) is 12.7. The van der Waals surface area contributed by atoms with Crippen LogP contribution in [0, 0.1) is 5.92 Å². The van der Waals surface area contributed by atoms with Crippen molar-refractivity contribution in [2.75, 3.05) is 26.8 Å². The molecule has 1 unspecified atom stereocenters. The van der Waals surface area contributed by atoms with Gasteiger partial charge in [0, 0.05) is 19.9 Å². The Morgan fingerprint density at radius 2 is 2.05 bits per heavy atom. The SMILES string of the molecule is COCCNCC(C)Cc1cncc(OC(C)C)c1. The Balaban J connectivity index is 2.38. The van der Waals surface area contributed by atoms with Crippen molar-refractivity contribution < 1.29 is 9.47 Å². The maximum atomic E-state index is 5.65. The van der Waals surface area contributed by atoms with Crippen LogP contribution in [0.2, 0.25) is 0 Å². The molecule has 0 saturated heterocycles. The summed E-state index contributed by atoms with van der Waals surface area (Å²) in [6, 6.07) is 2.08. The molecule has 0 spiro atoms. The average molecular weight is 266 g/mol. The predicted octanol–water partition coefficient (Wildman–Crippen LogP) is 2.28. The zero-order valence-electron chi connectivity index (χ0n) is 12.5. The van der Waals surface area contributed by atoms with Crippen molar-refractivity contribution in [3.8, 4) is 5.75 Å². The van der Waals surface area contributed by atoms with Gasteiger partial charge in [-0.1, -0.05) is 6.92 Å². The second-order valence-electron chi connectivity index (χ2n) is 5.20. The number of nitrogens with one attached hydrogen (secondary N) is 1. The molecule has 1 aromatic heterocycles. The molecule has 1 atom stereocenters. The smallest absolute Gasteiger partial charge is 0.138 e. The minimum absolute atomic E-state index is 0.185. The summed E-state index contributed by atoms with van der Waals surface area (Å²) in [5.41, 5.74) is 1.22. The molecule has 108 valence electrons. The molecule has 0 bridgehead atoms. The third-order valence-electron chi connectivity index (χ3n) is 2.70. The zero-order valence-corrected chi connectivity index (χ0v) is 12.5. The van der Waals surface area contributed by atoms with Gasteiger partial charge in [0.15, 0.2) is 0 Å². The summed E-state index contributed by atoms with van der Waals surface area (Å²) in [5.74, 6) is 1.42. The molecule has 0 aliphatic carbocycles. The first-order valence-electron chi connectivity index (χ1n) is 6.92.